The second kappa shape index (κ2) is 7.87. The van der Waals surface area contributed by atoms with Crippen molar-refractivity contribution in [3.63, 3.8) is 0 Å². The third-order valence-electron chi connectivity index (χ3n) is 5.01. The van der Waals surface area contributed by atoms with Gasteiger partial charge in [0.15, 0.2) is 0 Å². The van der Waals surface area contributed by atoms with Crippen LogP contribution >= 0.6 is 0 Å². The molecule has 1 aliphatic rings. The minimum Gasteiger partial charge on any atom is -0.343 e. The lowest BCUT2D eigenvalue weighted by molar-refractivity contribution is -0.115. The third-order valence-corrected chi connectivity index (χ3v) is 6.28. The number of nitrogens with one attached hydrogen (secondary N) is 2. The summed E-state index contributed by atoms with van der Waals surface area (Å²) in [5.74, 6) is -0.691. The van der Waals surface area contributed by atoms with Crippen LogP contribution in [0.3, 0.4) is 0 Å². The molecule has 0 aliphatic carbocycles. The number of anilines is 2. The van der Waals surface area contributed by atoms with E-state index < -0.39 is 10.0 Å². The highest BCUT2D eigenvalue weighted by Crippen LogP contribution is 2.34. The first kappa shape index (κ1) is 20.9. The molecule has 7 nitrogen and oxygen atoms in total. The highest BCUT2D eigenvalue weighted by Gasteiger charge is 2.32. The fraction of sp³-hybridized carbons (Fsp3) is 0.333. The summed E-state index contributed by atoms with van der Waals surface area (Å²) in [7, 11) is -3.38. The summed E-state index contributed by atoms with van der Waals surface area (Å²) in [6, 6.07) is 10.5. The van der Waals surface area contributed by atoms with E-state index in [0.29, 0.717) is 17.7 Å². The summed E-state index contributed by atoms with van der Waals surface area (Å²) in [5, 5.41) is 5.45. The SMILES string of the molecule is Cc1cccc(C)c1NC(=O)CNC(=O)c1ccc2c(c1)CC(C)N2S(C)(=O)=O. The number of carbonyl (C=O) groups is 2. The molecule has 2 amide bonds. The minimum absolute atomic E-state index is 0.157. The van der Waals surface area contributed by atoms with Crippen molar-refractivity contribution in [3.05, 3.63) is 58.7 Å². The lowest BCUT2D eigenvalue weighted by atomic mass is 10.1. The Labute approximate surface area is 171 Å². The summed E-state index contributed by atoms with van der Waals surface area (Å²) in [4.78, 5) is 24.7. The van der Waals surface area contributed by atoms with Crippen molar-refractivity contribution in [1.82, 2.24) is 5.32 Å². The summed E-state index contributed by atoms with van der Waals surface area (Å²) < 4.78 is 25.4. The van der Waals surface area contributed by atoms with Gasteiger partial charge in [0.2, 0.25) is 15.9 Å². The quantitative estimate of drug-likeness (QED) is 0.784. The Morgan fingerprint density at radius 3 is 2.41 bits per heavy atom. The minimum atomic E-state index is -3.38. The average molecular weight is 416 g/mol. The zero-order valence-corrected chi connectivity index (χ0v) is 17.8. The standard InChI is InChI=1S/C21H25N3O4S/c1-13-6-5-7-14(2)20(13)23-19(25)12-22-21(26)16-8-9-18-17(11-16)10-15(3)24(18)29(4,27)28/h5-9,11,15H,10,12H2,1-4H3,(H,22,26)(H,23,25). The van der Waals surface area contributed by atoms with Crippen LogP contribution in [-0.4, -0.2) is 39.1 Å². The number of benzene rings is 2. The lowest BCUT2D eigenvalue weighted by Gasteiger charge is -2.21. The number of hydrogen-bond acceptors (Lipinski definition) is 4. The molecule has 0 saturated carbocycles. The molecule has 8 heteroatoms. The molecule has 3 rings (SSSR count). The third kappa shape index (κ3) is 4.42. The fourth-order valence-electron chi connectivity index (χ4n) is 3.71. The molecule has 154 valence electrons. The van der Waals surface area contributed by atoms with E-state index >= 15 is 0 Å². The van der Waals surface area contributed by atoms with Gasteiger partial charge in [0.25, 0.3) is 5.91 Å². The van der Waals surface area contributed by atoms with Crippen LogP contribution in [0.25, 0.3) is 0 Å². The number of aryl methyl sites for hydroxylation is 2. The molecule has 0 spiro atoms. The van der Waals surface area contributed by atoms with E-state index in [2.05, 4.69) is 10.6 Å². The van der Waals surface area contributed by atoms with Gasteiger partial charge in [-0.1, -0.05) is 18.2 Å². The van der Waals surface area contributed by atoms with Gasteiger partial charge in [-0.15, -0.1) is 0 Å². The number of nitrogens with zero attached hydrogens (tertiary/aromatic N) is 1. The topological polar surface area (TPSA) is 95.6 Å². The molecule has 0 aromatic heterocycles. The Morgan fingerprint density at radius 2 is 1.79 bits per heavy atom. The number of hydrogen-bond donors (Lipinski definition) is 2. The van der Waals surface area contributed by atoms with Crippen LogP contribution in [0, 0.1) is 13.8 Å². The van der Waals surface area contributed by atoms with Gasteiger partial charge in [0.05, 0.1) is 18.5 Å². The molecular formula is C21H25N3O4S. The van der Waals surface area contributed by atoms with Crippen molar-refractivity contribution in [3.8, 4) is 0 Å². The van der Waals surface area contributed by atoms with Gasteiger partial charge >= 0.3 is 0 Å². The second-order valence-corrected chi connectivity index (χ2v) is 9.31. The van der Waals surface area contributed by atoms with Gasteiger partial charge in [-0.05, 0) is 62.1 Å². The first-order valence-electron chi connectivity index (χ1n) is 9.34. The molecule has 1 atom stereocenters. The highest BCUT2D eigenvalue weighted by atomic mass is 32.2. The summed E-state index contributed by atoms with van der Waals surface area (Å²) in [6.07, 6.45) is 1.71. The lowest BCUT2D eigenvalue weighted by Crippen LogP contribution is -2.34. The van der Waals surface area contributed by atoms with Crippen LogP contribution < -0.4 is 14.9 Å². The van der Waals surface area contributed by atoms with Crippen LogP contribution in [-0.2, 0) is 21.2 Å². The van der Waals surface area contributed by atoms with Crippen molar-refractivity contribution in [1.29, 1.82) is 0 Å². The molecule has 1 aliphatic heterocycles. The second-order valence-electron chi connectivity index (χ2n) is 7.45. The van der Waals surface area contributed by atoms with Crippen molar-refractivity contribution in [2.75, 3.05) is 22.4 Å². The smallest absolute Gasteiger partial charge is 0.251 e. The van der Waals surface area contributed by atoms with Crippen LogP contribution in [0.4, 0.5) is 11.4 Å². The Bertz CT molecular complexity index is 1060. The largest absolute Gasteiger partial charge is 0.343 e. The molecular weight excluding hydrogens is 390 g/mol. The molecule has 29 heavy (non-hydrogen) atoms. The van der Waals surface area contributed by atoms with E-state index in [0.717, 1.165) is 22.4 Å². The van der Waals surface area contributed by atoms with Crippen molar-refractivity contribution in [2.45, 2.75) is 33.2 Å². The first-order chi connectivity index (χ1) is 13.6. The van der Waals surface area contributed by atoms with Gasteiger partial charge in [-0.2, -0.15) is 0 Å². The number of fused-ring (bicyclic) bond motifs is 1. The van der Waals surface area contributed by atoms with E-state index in [1.165, 1.54) is 10.6 Å². The Kier molecular flexibility index (Phi) is 5.66. The number of sulfonamides is 1. The molecule has 1 heterocycles. The molecule has 2 aromatic carbocycles. The number of amides is 2. The van der Waals surface area contributed by atoms with E-state index in [1.54, 1.807) is 18.2 Å². The van der Waals surface area contributed by atoms with E-state index in [4.69, 9.17) is 0 Å². The Hall–Kier alpha value is -2.87. The van der Waals surface area contributed by atoms with Crippen LogP contribution in [0.15, 0.2) is 36.4 Å². The molecule has 2 aromatic rings. The van der Waals surface area contributed by atoms with Crippen molar-refractivity contribution >= 4 is 33.2 Å². The summed E-state index contributed by atoms with van der Waals surface area (Å²) >= 11 is 0. The fourth-order valence-corrected chi connectivity index (χ4v) is 4.97. The molecule has 2 N–H and O–H groups in total. The maximum Gasteiger partial charge on any atom is 0.251 e. The monoisotopic (exact) mass is 415 g/mol. The molecule has 1 unspecified atom stereocenters. The summed E-state index contributed by atoms with van der Waals surface area (Å²) in [5.41, 5.74) is 4.45. The number of carbonyl (C=O) groups excluding carboxylic acids is 2. The van der Waals surface area contributed by atoms with E-state index in [-0.39, 0.29) is 24.4 Å². The predicted octanol–water partition coefficient (Wildman–Crippen LogP) is 2.38. The van der Waals surface area contributed by atoms with Crippen LogP contribution in [0.1, 0.15) is 34.0 Å². The molecule has 0 saturated heterocycles. The van der Waals surface area contributed by atoms with Gasteiger partial charge < -0.3 is 10.6 Å². The number of rotatable bonds is 5. The Morgan fingerprint density at radius 1 is 1.14 bits per heavy atom. The van der Waals surface area contributed by atoms with Gasteiger partial charge in [0.1, 0.15) is 0 Å². The van der Waals surface area contributed by atoms with Crippen LogP contribution in [0.5, 0.6) is 0 Å². The molecule has 0 bridgehead atoms. The van der Waals surface area contributed by atoms with Gasteiger partial charge in [-0.3, -0.25) is 13.9 Å². The number of para-hydroxylation sites is 1. The first-order valence-corrected chi connectivity index (χ1v) is 11.2. The Balaban J connectivity index is 1.67. The van der Waals surface area contributed by atoms with Gasteiger partial charge in [-0.25, -0.2) is 8.42 Å². The van der Waals surface area contributed by atoms with Gasteiger partial charge in [0, 0.05) is 17.3 Å². The zero-order chi connectivity index (χ0) is 21.3. The average Bonchev–Trinajstić information content (AvgIpc) is 2.97. The maximum absolute atomic E-state index is 12.5. The van der Waals surface area contributed by atoms with Crippen molar-refractivity contribution < 1.29 is 18.0 Å². The molecule has 0 radical (unpaired) electrons. The van der Waals surface area contributed by atoms with Crippen molar-refractivity contribution in [2.24, 2.45) is 0 Å². The highest BCUT2D eigenvalue weighted by molar-refractivity contribution is 7.92. The van der Waals surface area contributed by atoms with E-state index in [1.807, 2.05) is 39.0 Å². The van der Waals surface area contributed by atoms with E-state index in [9.17, 15) is 18.0 Å². The normalized spacial score (nSPS) is 15.7. The zero-order valence-electron chi connectivity index (χ0n) is 16.9. The molecule has 0 fully saturated rings. The summed E-state index contributed by atoms with van der Waals surface area (Å²) in [6.45, 7) is 5.49. The maximum atomic E-state index is 12.5. The van der Waals surface area contributed by atoms with Crippen LogP contribution in [0.2, 0.25) is 0 Å². The predicted molar refractivity (Wildman–Crippen MR) is 114 cm³/mol.